The van der Waals surface area contributed by atoms with E-state index in [1.165, 1.54) is 39.3 Å². The van der Waals surface area contributed by atoms with Crippen molar-refractivity contribution in [2.45, 2.75) is 19.3 Å². The number of hydrogen-bond donors (Lipinski definition) is 1. The molecule has 1 heterocycles. The minimum Gasteiger partial charge on any atom is -0.399 e. The van der Waals surface area contributed by atoms with Crippen LogP contribution in [0.25, 0.3) is 5.57 Å². The Kier molecular flexibility index (Phi) is 4.14. The topological polar surface area (TPSA) is 29.3 Å². The van der Waals surface area contributed by atoms with Crippen molar-refractivity contribution >= 4 is 22.6 Å². The molecular formula is C29H26N2. The molecule has 0 bridgehead atoms. The molecule has 1 aliphatic heterocycles. The van der Waals surface area contributed by atoms with E-state index in [1.54, 1.807) is 0 Å². The minimum atomic E-state index is 0.399. The normalized spacial score (nSPS) is 25.4. The van der Waals surface area contributed by atoms with Gasteiger partial charge in [0.1, 0.15) is 0 Å². The molecule has 2 N–H and O–H groups in total. The maximum absolute atomic E-state index is 6.21. The van der Waals surface area contributed by atoms with Crippen LogP contribution in [0.3, 0.4) is 0 Å². The zero-order valence-corrected chi connectivity index (χ0v) is 17.7. The van der Waals surface area contributed by atoms with Crippen LogP contribution in [-0.2, 0) is 0 Å². The number of benzene rings is 2. The van der Waals surface area contributed by atoms with Gasteiger partial charge in [-0.15, -0.1) is 0 Å². The lowest BCUT2D eigenvalue weighted by molar-refractivity contribution is 0.673. The van der Waals surface area contributed by atoms with Crippen LogP contribution in [0, 0.1) is 11.8 Å². The molecule has 0 spiro atoms. The third-order valence-corrected chi connectivity index (χ3v) is 6.98. The number of anilines is 3. The Bertz CT molecular complexity index is 1250. The average molecular weight is 403 g/mol. The molecule has 4 aliphatic rings. The first-order valence-corrected chi connectivity index (χ1v) is 11.1. The standard InChI is InChI=1S/C29H26N2/c1-19-13-14-20-7-2-3-10-24(20)29(19)21-8-6-9-23(17-21)31-27-12-5-4-11-25(27)26-16-15-22(30)18-28(26)31/h2-10,12-18,20,24-25H,11,30H2,1H3. The SMILES string of the molecule is CC1=C(c2cccc(N3C4=CC=CCC4c4ccc(N)cc43)c2)C2C=CC=CC2C=C1. The molecule has 0 saturated heterocycles. The summed E-state index contributed by atoms with van der Waals surface area (Å²) in [5, 5.41) is 0. The summed E-state index contributed by atoms with van der Waals surface area (Å²) >= 11 is 0. The van der Waals surface area contributed by atoms with Crippen LogP contribution in [-0.4, -0.2) is 0 Å². The highest BCUT2D eigenvalue weighted by molar-refractivity contribution is 5.84. The summed E-state index contributed by atoms with van der Waals surface area (Å²) < 4.78 is 0. The Hall–Kier alpha value is -3.52. The maximum atomic E-state index is 6.21. The van der Waals surface area contributed by atoms with Crippen molar-refractivity contribution in [3.8, 4) is 0 Å². The van der Waals surface area contributed by atoms with Crippen molar-refractivity contribution in [2.24, 2.45) is 11.8 Å². The fourth-order valence-corrected chi connectivity index (χ4v) is 5.55. The molecule has 2 nitrogen and oxygen atoms in total. The molecule has 0 aromatic heterocycles. The Morgan fingerprint density at radius 3 is 2.81 bits per heavy atom. The third-order valence-electron chi connectivity index (χ3n) is 6.98. The first kappa shape index (κ1) is 18.3. The van der Waals surface area contributed by atoms with Gasteiger partial charge in [0.05, 0.1) is 5.69 Å². The molecule has 3 atom stereocenters. The van der Waals surface area contributed by atoms with E-state index in [9.17, 15) is 0 Å². The molecule has 2 heteroatoms. The summed E-state index contributed by atoms with van der Waals surface area (Å²) in [6.07, 6.45) is 21.3. The largest absolute Gasteiger partial charge is 0.399 e. The van der Waals surface area contributed by atoms with Crippen molar-refractivity contribution in [1.82, 2.24) is 0 Å². The van der Waals surface area contributed by atoms with Crippen LogP contribution in [0.5, 0.6) is 0 Å². The van der Waals surface area contributed by atoms with Crippen LogP contribution in [0.2, 0.25) is 0 Å². The van der Waals surface area contributed by atoms with Gasteiger partial charge < -0.3 is 10.6 Å². The zero-order chi connectivity index (χ0) is 20.9. The summed E-state index contributed by atoms with van der Waals surface area (Å²) in [5.41, 5.74) is 16.2. The van der Waals surface area contributed by atoms with E-state index in [2.05, 4.69) is 103 Å². The Morgan fingerprint density at radius 2 is 1.87 bits per heavy atom. The smallest absolute Gasteiger partial charge is 0.0518 e. The summed E-state index contributed by atoms with van der Waals surface area (Å²) in [7, 11) is 0. The molecule has 0 fully saturated rings. The van der Waals surface area contributed by atoms with Crippen LogP contribution in [0.4, 0.5) is 17.1 Å². The van der Waals surface area contributed by atoms with Crippen molar-refractivity contribution in [1.29, 1.82) is 0 Å². The van der Waals surface area contributed by atoms with Crippen molar-refractivity contribution in [2.75, 3.05) is 10.6 Å². The van der Waals surface area contributed by atoms with E-state index in [-0.39, 0.29) is 0 Å². The number of allylic oxidation sites excluding steroid dienone is 12. The quantitative estimate of drug-likeness (QED) is 0.545. The molecule has 3 aliphatic carbocycles. The molecule has 31 heavy (non-hydrogen) atoms. The van der Waals surface area contributed by atoms with E-state index in [0.717, 1.165) is 12.1 Å². The number of fused-ring (bicyclic) bond motifs is 4. The molecule has 6 rings (SSSR count). The van der Waals surface area contributed by atoms with Crippen LogP contribution >= 0.6 is 0 Å². The third kappa shape index (κ3) is 2.86. The highest BCUT2D eigenvalue weighted by Crippen LogP contribution is 2.51. The van der Waals surface area contributed by atoms with Gasteiger partial charge >= 0.3 is 0 Å². The van der Waals surface area contributed by atoms with Gasteiger partial charge in [-0.25, -0.2) is 0 Å². The summed E-state index contributed by atoms with van der Waals surface area (Å²) in [6, 6.07) is 15.4. The van der Waals surface area contributed by atoms with Gasteiger partial charge in [-0.1, -0.05) is 66.8 Å². The van der Waals surface area contributed by atoms with Gasteiger partial charge in [-0.2, -0.15) is 0 Å². The number of rotatable bonds is 2. The fourth-order valence-electron chi connectivity index (χ4n) is 5.55. The molecule has 0 radical (unpaired) electrons. The van der Waals surface area contributed by atoms with Crippen LogP contribution in [0.1, 0.15) is 30.4 Å². The van der Waals surface area contributed by atoms with Crippen molar-refractivity contribution in [3.63, 3.8) is 0 Å². The van der Waals surface area contributed by atoms with Crippen LogP contribution in [0.15, 0.2) is 108 Å². The Labute approximate surface area is 184 Å². The highest BCUT2D eigenvalue weighted by Gasteiger charge is 2.35. The molecule has 2 aromatic carbocycles. The molecule has 0 saturated carbocycles. The van der Waals surface area contributed by atoms with Gasteiger partial charge in [-0.3, -0.25) is 0 Å². The first-order chi connectivity index (χ1) is 15.2. The van der Waals surface area contributed by atoms with Gasteiger partial charge in [-0.05, 0) is 66.0 Å². The van der Waals surface area contributed by atoms with Gasteiger partial charge in [0.25, 0.3) is 0 Å². The Morgan fingerprint density at radius 1 is 0.968 bits per heavy atom. The second-order valence-corrected chi connectivity index (χ2v) is 8.84. The molecule has 0 amide bonds. The maximum Gasteiger partial charge on any atom is 0.0518 e. The predicted molar refractivity (Wildman–Crippen MR) is 131 cm³/mol. The molecule has 3 unspecified atom stereocenters. The van der Waals surface area contributed by atoms with E-state index >= 15 is 0 Å². The van der Waals surface area contributed by atoms with Crippen molar-refractivity contribution < 1.29 is 0 Å². The van der Waals surface area contributed by atoms with E-state index in [0.29, 0.717) is 17.8 Å². The second-order valence-electron chi connectivity index (χ2n) is 8.84. The summed E-state index contributed by atoms with van der Waals surface area (Å²) in [5.74, 6) is 1.24. The van der Waals surface area contributed by atoms with E-state index < -0.39 is 0 Å². The lowest BCUT2D eigenvalue weighted by Gasteiger charge is -2.30. The minimum absolute atomic E-state index is 0.399. The number of nitrogens with zero attached hydrogens (tertiary/aromatic N) is 1. The summed E-state index contributed by atoms with van der Waals surface area (Å²) in [4.78, 5) is 2.41. The van der Waals surface area contributed by atoms with Gasteiger partial charge in [0.15, 0.2) is 0 Å². The molecule has 2 aromatic rings. The number of nitrogen functional groups attached to an aromatic ring is 1. The predicted octanol–water partition coefficient (Wildman–Crippen LogP) is 7.05. The fraction of sp³-hybridized carbons (Fsp3) is 0.172. The Balaban J connectivity index is 1.48. The molecule has 152 valence electrons. The number of nitrogens with two attached hydrogens (primary N) is 1. The lowest BCUT2D eigenvalue weighted by atomic mass is 9.75. The lowest BCUT2D eigenvalue weighted by Crippen LogP contribution is -2.18. The first-order valence-electron chi connectivity index (χ1n) is 11.1. The van der Waals surface area contributed by atoms with Crippen molar-refractivity contribution in [3.05, 3.63) is 120 Å². The van der Waals surface area contributed by atoms with E-state index in [1.807, 2.05) is 6.07 Å². The molecular weight excluding hydrogens is 376 g/mol. The monoisotopic (exact) mass is 402 g/mol. The van der Waals surface area contributed by atoms with Crippen LogP contribution < -0.4 is 10.6 Å². The average Bonchev–Trinajstić information content (AvgIpc) is 3.12. The number of hydrogen-bond acceptors (Lipinski definition) is 2. The zero-order valence-electron chi connectivity index (χ0n) is 17.7. The highest BCUT2D eigenvalue weighted by atomic mass is 15.2. The second kappa shape index (κ2) is 7.02. The summed E-state index contributed by atoms with van der Waals surface area (Å²) in [6.45, 7) is 2.23. The van der Waals surface area contributed by atoms with Gasteiger partial charge in [0, 0.05) is 34.8 Å². The van der Waals surface area contributed by atoms with Gasteiger partial charge in [0.2, 0.25) is 0 Å². The van der Waals surface area contributed by atoms with E-state index in [4.69, 9.17) is 5.73 Å².